The summed E-state index contributed by atoms with van der Waals surface area (Å²) in [5.74, 6) is 0. The molecule has 3 heteroatoms. The summed E-state index contributed by atoms with van der Waals surface area (Å²) in [5.41, 5.74) is 3.61. The number of rotatable bonds is 0. The average Bonchev–Trinajstić information content (AvgIpc) is 2.65. The molecule has 0 N–H and O–H groups in total. The number of hydrogen-bond donors (Lipinski definition) is 0. The van der Waals surface area contributed by atoms with Gasteiger partial charge in [-0.3, -0.25) is 4.68 Å². The van der Waals surface area contributed by atoms with Crippen molar-refractivity contribution in [2.24, 2.45) is 0 Å². The lowest BCUT2D eigenvalue weighted by atomic mass is 9.99. The molecule has 70 valence electrons. The summed E-state index contributed by atoms with van der Waals surface area (Å²) in [6, 6.07) is 8.10. The van der Waals surface area contributed by atoms with E-state index >= 15 is 0 Å². The van der Waals surface area contributed by atoms with Crippen LogP contribution in [0.2, 0.25) is 5.02 Å². The van der Waals surface area contributed by atoms with E-state index in [2.05, 4.69) is 11.2 Å². The van der Waals surface area contributed by atoms with Gasteiger partial charge >= 0.3 is 0 Å². The molecule has 0 amide bonds. The predicted octanol–water partition coefficient (Wildman–Crippen LogP) is 2.76. The van der Waals surface area contributed by atoms with E-state index in [9.17, 15) is 0 Å². The second kappa shape index (κ2) is 2.85. The van der Waals surface area contributed by atoms with Crippen LogP contribution in [0.15, 0.2) is 30.5 Å². The molecule has 2 heterocycles. The molecular formula is C11H9ClN2. The van der Waals surface area contributed by atoms with Crippen LogP contribution in [0.3, 0.4) is 0 Å². The molecule has 0 saturated heterocycles. The Balaban J connectivity index is 2.34. The van der Waals surface area contributed by atoms with Crippen molar-refractivity contribution >= 4 is 11.6 Å². The van der Waals surface area contributed by atoms with Crippen molar-refractivity contribution in [3.8, 4) is 11.3 Å². The van der Waals surface area contributed by atoms with E-state index in [1.165, 1.54) is 5.56 Å². The second-order valence-electron chi connectivity index (χ2n) is 3.46. The SMILES string of the molecule is Clc1cccc2c1-c1ccnn1CC2. The third-order valence-electron chi connectivity index (χ3n) is 2.67. The fraction of sp³-hybridized carbons (Fsp3) is 0.182. The van der Waals surface area contributed by atoms with Crippen molar-refractivity contribution in [1.82, 2.24) is 9.78 Å². The summed E-state index contributed by atoms with van der Waals surface area (Å²) in [4.78, 5) is 0. The first-order valence-corrected chi connectivity index (χ1v) is 5.03. The van der Waals surface area contributed by atoms with Crippen molar-refractivity contribution in [3.63, 3.8) is 0 Å². The summed E-state index contributed by atoms with van der Waals surface area (Å²) < 4.78 is 2.01. The molecule has 0 atom stereocenters. The molecule has 1 aromatic heterocycles. The zero-order chi connectivity index (χ0) is 9.54. The molecule has 0 aliphatic carbocycles. The highest BCUT2D eigenvalue weighted by Crippen LogP contribution is 2.34. The van der Waals surface area contributed by atoms with Gasteiger partial charge in [-0.25, -0.2) is 0 Å². The van der Waals surface area contributed by atoms with Crippen molar-refractivity contribution in [2.75, 3.05) is 0 Å². The molecule has 0 saturated carbocycles. The Labute approximate surface area is 87.1 Å². The average molecular weight is 205 g/mol. The normalized spacial score (nSPS) is 13.5. The number of benzene rings is 1. The predicted molar refractivity (Wildman–Crippen MR) is 56.4 cm³/mol. The van der Waals surface area contributed by atoms with E-state index in [1.54, 1.807) is 0 Å². The van der Waals surface area contributed by atoms with Gasteiger partial charge < -0.3 is 0 Å². The smallest absolute Gasteiger partial charge is 0.0700 e. The zero-order valence-electron chi connectivity index (χ0n) is 7.57. The Bertz CT molecular complexity index is 488. The fourth-order valence-electron chi connectivity index (χ4n) is 2.01. The molecule has 3 rings (SSSR count). The Hall–Kier alpha value is -1.28. The highest BCUT2D eigenvalue weighted by Gasteiger charge is 2.18. The van der Waals surface area contributed by atoms with Gasteiger partial charge in [-0.2, -0.15) is 5.10 Å². The van der Waals surface area contributed by atoms with Crippen molar-refractivity contribution < 1.29 is 0 Å². The van der Waals surface area contributed by atoms with Gasteiger partial charge in [0.25, 0.3) is 0 Å². The summed E-state index contributed by atoms with van der Waals surface area (Å²) >= 11 is 6.19. The molecule has 0 fully saturated rings. The van der Waals surface area contributed by atoms with E-state index in [-0.39, 0.29) is 0 Å². The summed E-state index contributed by atoms with van der Waals surface area (Å²) in [6.45, 7) is 0.954. The number of aryl methyl sites for hydroxylation is 2. The van der Waals surface area contributed by atoms with Crippen molar-refractivity contribution in [3.05, 3.63) is 41.0 Å². The first-order valence-electron chi connectivity index (χ1n) is 4.66. The molecular weight excluding hydrogens is 196 g/mol. The standard InChI is InChI=1S/C11H9ClN2/c12-9-3-1-2-8-5-7-14-10(11(8)9)4-6-13-14/h1-4,6H,5,7H2. The van der Waals surface area contributed by atoms with Gasteiger partial charge in [0.15, 0.2) is 0 Å². The van der Waals surface area contributed by atoms with Crippen molar-refractivity contribution in [1.29, 1.82) is 0 Å². The number of hydrogen-bond acceptors (Lipinski definition) is 1. The fourth-order valence-corrected chi connectivity index (χ4v) is 2.30. The molecule has 2 nitrogen and oxygen atoms in total. The topological polar surface area (TPSA) is 17.8 Å². The minimum absolute atomic E-state index is 0.823. The van der Waals surface area contributed by atoms with Crippen LogP contribution in [0.25, 0.3) is 11.3 Å². The molecule has 14 heavy (non-hydrogen) atoms. The lowest BCUT2D eigenvalue weighted by molar-refractivity contribution is 0.607. The van der Waals surface area contributed by atoms with E-state index in [0.29, 0.717) is 0 Å². The van der Waals surface area contributed by atoms with Gasteiger partial charge in [-0.05, 0) is 24.1 Å². The summed E-state index contributed by atoms with van der Waals surface area (Å²) in [6.07, 6.45) is 2.85. The summed E-state index contributed by atoms with van der Waals surface area (Å²) in [7, 11) is 0. The number of fused-ring (bicyclic) bond motifs is 3. The van der Waals surface area contributed by atoms with E-state index < -0.39 is 0 Å². The van der Waals surface area contributed by atoms with E-state index in [1.807, 2.05) is 29.1 Å². The molecule has 2 aromatic rings. The maximum atomic E-state index is 6.19. The van der Waals surface area contributed by atoms with Gasteiger partial charge in [0, 0.05) is 18.3 Å². The molecule has 1 aromatic carbocycles. The Kier molecular flexibility index (Phi) is 1.64. The number of nitrogens with zero attached hydrogens (tertiary/aromatic N) is 2. The Morgan fingerprint density at radius 3 is 3.14 bits per heavy atom. The van der Waals surface area contributed by atoms with E-state index in [4.69, 9.17) is 11.6 Å². The first kappa shape index (κ1) is 8.06. The van der Waals surface area contributed by atoms with Crippen molar-refractivity contribution in [2.45, 2.75) is 13.0 Å². The molecule has 1 aliphatic heterocycles. The largest absolute Gasteiger partial charge is 0.264 e. The minimum Gasteiger partial charge on any atom is -0.264 e. The highest BCUT2D eigenvalue weighted by atomic mass is 35.5. The monoisotopic (exact) mass is 204 g/mol. The lowest BCUT2D eigenvalue weighted by Gasteiger charge is -2.18. The Morgan fingerprint density at radius 2 is 2.21 bits per heavy atom. The molecule has 1 aliphatic rings. The molecule has 0 bridgehead atoms. The highest BCUT2D eigenvalue weighted by molar-refractivity contribution is 6.33. The second-order valence-corrected chi connectivity index (χ2v) is 3.87. The zero-order valence-corrected chi connectivity index (χ0v) is 8.33. The third-order valence-corrected chi connectivity index (χ3v) is 2.98. The van der Waals surface area contributed by atoms with Crippen LogP contribution in [0, 0.1) is 0 Å². The Morgan fingerprint density at radius 1 is 1.29 bits per heavy atom. The minimum atomic E-state index is 0.823. The van der Waals surface area contributed by atoms with Crippen LogP contribution < -0.4 is 0 Å². The molecule has 0 spiro atoms. The van der Waals surface area contributed by atoms with Crippen LogP contribution in [0.1, 0.15) is 5.56 Å². The number of aromatic nitrogens is 2. The number of halogens is 1. The maximum Gasteiger partial charge on any atom is 0.0700 e. The summed E-state index contributed by atoms with van der Waals surface area (Å²) in [5, 5.41) is 5.08. The quantitative estimate of drug-likeness (QED) is 0.645. The molecule has 0 radical (unpaired) electrons. The van der Waals surface area contributed by atoms with Crippen LogP contribution in [-0.4, -0.2) is 9.78 Å². The van der Waals surface area contributed by atoms with Crippen LogP contribution in [0.5, 0.6) is 0 Å². The van der Waals surface area contributed by atoms with Crippen LogP contribution >= 0.6 is 11.6 Å². The third kappa shape index (κ3) is 1.01. The van der Waals surface area contributed by atoms with Gasteiger partial charge in [0.1, 0.15) is 0 Å². The van der Waals surface area contributed by atoms with Gasteiger partial charge in [-0.1, -0.05) is 23.7 Å². The van der Waals surface area contributed by atoms with Crippen LogP contribution in [0.4, 0.5) is 0 Å². The van der Waals surface area contributed by atoms with Gasteiger partial charge in [0.05, 0.1) is 10.7 Å². The maximum absolute atomic E-state index is 6.19. The van der Waals surface area contributed by atoms with E-state index in [0.717, 1.165) is 29.2 Å². The molecule has 0 unspecified atom stereocenters. The lowest BCUT2D eigenvalue weighted by Crippen LogP contribution is -2.11. The van der Waals surface area contributed by atoms with Crippen LogP contribution in [-0.2, 0) is 13.0 Å². The van der Waals surface area contributed by atoms with Gasteiger partial charge in [0.2, 0.25) is 0 Å². The first-order chi connectivity index (χ1) is 6.86. The van der Waals surface area contributed by atoms with Gasteiger partial charge in [-0.15, -0.1) is 0 Å².